The molecule has 38 heavy (non-hydrogen) atoms. The smallest absolute Gasteiger partial charge is 0.266 e. The Morgan fingerprint density at radius 1 is 0.974 bits per heavy atom. The van der Waals surface area contributed by atoms with Crippen LogP contribution in [0.25, 0.3) is 10.9 Å². The van der Waals surface area contributed by atoms with Gasteiger partial charge >= 0.3 is 0 Å². The van der Waals surface area contributed by atoms with E-state index in [2.05, 4.69) is 20.6 Å². The number of aromatic nitrogens is 3. The van der Waals surface area contributed by atoms with Gasteiger partial charge in [-0.05, 0) is 41.5 Å². The van der Waals surface area contributed by atoms with Crippen molar-refractivity contribution in [3.63, 3.8) is 0 Å². The Morgan fingerprint density at radius 2 is 1.76 bits per heavy atom. The molecule has 0 aliphatic carbocycles. The van der Waals surface area contributed by atoms with Gasteiger partial charge in [-0.25, -0.2) is 13.8 Å². The van der Waals surface area contributed by atoms with Crippen LogP contribution in [0.4, 0.5) is 8.78 Å². The molecule has 5 rings (SSSR count). The number of nitrogens with zero attached hydrogens (tertiary/aromatic N) is 4. The zero-order valence-electron chi connectivity index (χ0n) is 20.3. The summed E-state index contributed by atoms with van der Waals surface area (Å²) in [5, 5.41) is 6.69. The number of hydrogen-bond donors (Lipinski definition) is 2. The predicted octanol–water partition coefficient (Wildman–Crippen LogP) is 2.09. The third-order valence-electron chi connectivity index (χ3n) is 6.33. The Hall–Kier alpha value is -4.51. The highest BCUT2D eigenvalue weighted by Gasteiger charge is 2.19. The summed E-state index contributed by atoms with van der Waals surface area (Å²) < 4.78 is 27.9. The first-order valence-electron chi connectivity index (χ1n) is 12.0. The molecule has 2 amide bonds. The second kappa shape index (κ2) is 10.9. The maximum atomic E-state index is 13.5. The van der Waals surface area contributed by atoms with E-state index in [1.807, 2.05) is 6.07 Å². The lowest BCUT2D eigenvalue weighted by molar-refractivity contribution is 0.0735. The number of hydrogen-bond acceptors (Lipinski definition) is 6. The number of nitrogens with one attached hydrogen (secondary N) is 2. The van der Waals surface area contributed by atoms with Crippen molar-refractivity contribution in [3.8, 4) is 0 Å². The molecule has 1 aliphatic heterocycles. The first-order valence-corrected chi connectivity index (χ1v) is 12.0. The van der Waals surface area contributed by atoms with Gasteiger partial charge in [0.05, 0.1) is 24.0 Å². The van der Waals surface area contributed by atoms with Crippen molar-refractivity contribution in [1.29, 1.82) is 0 Å². The maximum absolute atomic E-state index is 13.5. The standard InChI is InChI=1S/C27H24F2N6O3/c28-22-3-1-18(10-23(22)29)15-35-16-31-14-21(27(35)38)25(36)33-12-17-2-4-24-19(9-17)11-20(13-32-24)26(37)34-7-5-30-6-8-34/h1-4,9-11,13-14,16,30H,5-8,12,15H2,(H,33,36). The van der Waals surface area contributed by atoms with E-state index in [9.17, 15) is 23.2 Å². The van der Waals surface area contributed by atoms with Crippen molar-refractivity contribution in [3.05, 3.63) is 105 Å². The van der Waals surface area contributed by atoms with Crippen molar-refractivity contribution >= 4 is 22.7 Å². The molecular formula is C27H24F2N6O3. The average molecular weight is 519 g/mol. The van der Waals surface area contributed by atoms with E-state index >= 15 is 0 Å². The topological polar surface area (TPSA) is 109 Å². The molecule has 194 valence electrons. The third kappa shape index (κ3) is 5.42. The minimum Gasteiger partial charge on any atom is -0.348 e. The van der Waals surface area contributed by atoms with E-state index < -0.39 is 23.1 Å². The fraction of sp³-hybridized carbons (Fsp3) is 0.222. The Morgan fingerprint density at radius 3 is 2.55 bits per heavy atom. The highest BCUT2D eigenvalue weighted by Crippen LogP contribution is 2.17. The molecule has 1 saturated heterocycles. The molecule has 0 atom stereocenters. The zero-order chi connectivity index (χ0) is 26.6. The van der Waals surface area contributed by atoms with Gasteiger partial charge in [0.2, 0.25) is 0 Å². The van der Waals surface area contributed by atoms with Crippen LogP contribution in [0.15, 0.2) is 66.0 Å². The molecule has 0 spiro atoms. The second-order valence-electron chi connectivity index (χ2n) is 8.96. The molecule has 2 aromatic carbocycles. The first-order chi connectivity index (χ1) is 18.4. The number of amides is 2. The van der Waals surface area contributed by atoms with Gasteiger partial charge in [0.15, 0.2) is 11.6 Å². The van der Waals surface area contributed by atoms with Crippen molar-refractivity contribution < 1.29 is 18.4 Å². The number of carbonyl (C=O) groups is 2. The average Bonchev–Trinajstić information content (AvgIpc) is 2.94. The molecule has 2 N–H and O–H groups in total. The Labute approximate surface area is 216 Å². The Kier molecular flexibility index (Phi) is 7.18. The van der Waals surface area contributed by atoms with E-state index in [0.717, 1.165) is 46.9 Å². The van der Waals surface area contributed by atoms with Crippen LogP contribution in [0, 0.1) is 11.6 Å². The highest BCUT2D eigenvalue weighted by molar-refractivity contribution is 5.97. The SMILES string of the molecule is O=C(NCc1ccc2ncc(C(=O)N3CCNCC3)cc2c1)c1cncn(Cc2ccc(F)c(F)c2)c1=O. The summed E-state index contributed by atoms with van der Waals surface area (Å²) in [6.07, 6.45) is 3.97. The number of benzene rings is 2. The summed E-state index contributed by atoms with van der Waals surface area (Å²) in [7, 11) is 0. The minimum absolute atomic E-state index is 0.0726. The van der Waals surface area contributed by atoms with E-state index in [0.29, 0.717) is 29.7 Å². The van der Waals surface area contributed by atoms with Gasteiger partial charge in [0.1, 0.15) is 5.56 Å². The fourth-order valence-corrected chi connectivity index (χ4v) is 4.29. The molecule has 3 heterocycles. The third-order valence-corrected chi connectivity index (χ3v) is 6.33. The quantitative estimate of drug-likeness (QED) is 0.405. The lowest BCUT2D eigenvalue weighted by Gasteiger charge is -2.27. The molecule has 0 bridgehead atoms. The number of halogens is 2. The van der Waals surface area contributed by atoms with Crippen LogP contribution in [0.2, 0.25) is 0 Å². The summed E-state index contributed by atoms with van der Waals surface area (Å²) in [4.78, 5) is 48.6. The number of carbonyl (C=O) groups excluding carboxylic acids is 2. The molecule has 9 nitrogen and oxygen atoms in total. The van der Waals surface area contributed by atoms with Gasteiger partial charge in [-0.2, -0.15) is 0 Å². The van der Waals surface area contributed by atoms with Gasteiger partial charge in [-0.1, -0.05) is 12.1 Å². The van der Waals surface area contributed by atoms with Crippen molar-refractivity contribution in [2.45, 2.75) is 13.1 Å². The molecule has 11 heteroatoms. The van der Waals surface area contributed by atoms with Crippen LogP contribution in [-0.4, -0.2) is 57.4 Å². The van der Waals surface area contributed by atoms with Crippen LogP contribution < -0.4 is 16.2 Å². The molecular weight excluding hydrogens is 494 g/mol. The van der Waals surface area contributed by atoms with Crippen molar-refractivity contribution in [2.75, 3.05) is 26.2 Å². The summed E-state index contributed by atoms with van der Waals surface area (Å²) in [6.45, 7) is 2.84. The largest absolute Gasteiger partial charge is 0.348 e. The fourth-order valence-electron chi connectivity index (χ4n) is 4.29. The molecule has 0 unspecified atom stereocenters. The zero-order valence-corrected chi connectivity index (χ0v) is 20.3. The molecule has 0 saturated carbocycles. The minimum atomic E-state index is -1.02. The lowest BCUT2D eigenvalue weighted by Crippen LogP contribution is -2.46. The van der Waals surface area contributed by atoms with Crippen molar-refractivity contribution in [2.24, 2.45) is 0 Å². The van der Waals surface area contributed by atoms with Gasteiger partial charge in [-0.15, -0.1) is 0 Å². The highest BCUT2D eigenvalue weighted by atomic mass is 19.2. The van der Waals surface area contributed by atoms with Crippen LogP contribution in [0.3, 0.4) is 0 Å². The summed E-state index contributed by atoms with van der Waals surface area (Å²) in [5.41, 5.74) is 1.53. The normalized spacial score (nSPS) is 13.5. The summed E-state index contributed by atoms with van der Waals surface area (Å²) in [5.74, 6) is -2.71. The van der Waals surface area contributed by atoms with E-state index in [1.54, 1.807) is 29.3 Å². The maximum Gasteiger partial charge on any atom is 0.266 e. The van der Waals surface area contributed by atoms with E-state index in [1.165, 1.54) is 12.4 Å². The second-order valence-corrected chi connectivity index (χ2v) is 8.96. The van der Waals surface area contributed by atoms with Crippen LogP contribution in [0.1, 0.15) is 31.8 Å². The molecule has 1 aliphatic rings. The van der Waals surface area contributed by atoms with Gasteiger partial charge in [0, 0.05) is 50.5 Å². The number of piperazine rings is 1. The molecule has 4 aromatic rings. The number of pyridine rings is 1. The summed E-state index contributed by atoms with van der Waals surface area (Å²) >= 11 is 0. The lowest BCUT2D eigenvalue weighted by atomic mass is 10.1. The first kappa shape index (κ1) is 25.2. The van der Waals surface area contributed by atoms with Crippen LogP contribution >= 0.6 is 0 Å². The Balaban J connectivity index is 1.29. The summed E-state index contributed by atoms with van der Waals surface area (Å²) in [6, 6.07) is 10.5. The predicted molar refractivity (Wildman–Crippen MR) is 136 cm³/mol. The van der Waals surface area contributed by atoms with Gasteiger partial charge in [-0.3, -0.25) is 23.9 Å². The van der Waals surface area contributed by atoms with E-state index in [4.69, 9.17) is 0 Å². The molecule has 2 aromatic heterocycles. The van der Waals surface area contributed by atoms with Crippen LogP contribution in [0.5, 0.6) is 0 Å². The van der Waals surface area contributed by atoms with Gasteiger partial charge in [0.25, 0.3) is 17.4 Å². The number of fused-ring (bicyclic) bond motifs is 1. The molecule has 0 radical (unpaired) electrons. The van der Waals surface area contributed by atoms with Gasteiger partial charge < -0.3 is 15.5 Å². The van der Waals surface area contributed by atoms with Crippen LogP contribution in [-0.2, 0) is 13.1 Å². The van der Waals surface area contributed by atoms with E-state index in [-0.39, 0.29) is 24.6 Å². The Bertz CT molecular complexity index is 1580. The van der Waals surface area contributed by atoms with Crippen molar-refractivity contribution in [1.82, 2.24) is 30.1 Å². The molecule has 1 fully saturated rings. The number of rotatable bonds is 6. The monoisotopic (exact) mass is 518 g/mol.